The molecule has 2 nitrogen and oxygen atoms in total. The van der Waals surface area contributed by atoms with Gasteiger partial charge in [-0.2, -0.15) is 0 Å². The number of ether oxygens (including phenoxy) is 1. The second kappa shape index (κ2) is 5.58. The second-order valence-electron chi connectivity index (χ2n) is 4.73. The van der Waals surface area contributed by atoms with Gasteiger partial charge in [-0.05, 0) is 47.2 Å². The molecular weight excluding hydrogens is 284 g/mol. The highest BCUT2D eigenvalue weighted by Crippen LogP contribution is 2.27. The quantitative estimate of drug-likeness (QED) is 0.653. The molecule has 3 aromatic rings. The summed E-state index contributed by atoms with van der Waals surface area (Å²) in [5.74, 6) is 0.632. The topological polar surface area (TPSA) is 26.3 Å². The van der Waals surface area contributed by atoms with E-state index in [1.807, 2.05) is 30.3 Å². The minimum absolute atomic E-state index is 0.0400. The molecule has 0 aliphatic carbocycles. The third kappa shape index (κ3) is 2.63. The van der Waals surface area contributed by atoms with E-state index in [2.05, 4.69) is 0 Å². The van der Waals surface area contributed by atoms with Crippen molar-refractivity contribution in [2.24, 2.45) is 0 Å². The minimum atomic E-state index is -0.0400. The Hall–Kier alpha value is -2.32. The van der Waals surface area contributed by atoms with Crippen molar-refractivity contribution in [2.75, 3.05) is 7.11 Å². The summed E-state index contributed by atoms with van der Waals surface area (Å²) in [6, 6.07) is 18.4. The van der Waals surface area contributed by atoms with Gasteiger partial charge in [-0.1, -0.05) is 35.9 Å². The van der Waals surface area contributed by atoms with E-state index in [0.717, 1.165) is 10.8 Å². The predicted molar refractivity (Wildman–Crippen MR) is 85.4 cm³/mol. The van der Waals surface area contributed by atoms with E-state index in [9.17, 15) is 4.79 Å². The Labute approximate surface area is 127 Å². The van der Waals surface area contributed by atoms with Gasteiger partial charge in [0.05, 0.1) is 7.11 Å². The molecule has 0 saturated heterocycles. The van der Waals surface area contributed by atoms with Crippen molar-refractivity contribution in [3.05, 3.63) is 76.8 Å². The zero-order chi connectivity index (χ0) is 14.8. The van der Waals surface area contributed by atoms with Gasteiger partial charge in [0.15, 0.2) is 5.78 Å². The Morgan fingerprint density at radius 2 is 1.71 bits per heavy atom. The Balaban J connectivity index is 2.18. The lowest BCUT2D eigenvalue weighted by Gasteiger charge is -2.09. The average Bonchev–Trinajstić information content (AvgIpc) is 2.53. The van der Waals surface area contributed by atoms with Crippen LogP contribution in [0.2, 0.25) is 5.02 Å². The van der Waals surface area contributed by atoms with Gasteiger partial charge in [-0.15, -0.1) is 0 Å². The van der Waals surface area contributed by atoms with Crippen LogP contribution in [-0.2, 0) is 0 Å². The van der Waals surface area contributed by atoms with Gasteiger partial charge in [0.25, 0.3) is 0 Å². The normalized spacial score (nSPS) is 10.6. The first-order chi connectivity index (χ1) is 10.2. The highest BCUT2D eigenvalue weighted by Gasteiger charge is 2.14. The van der Waals surface area contributed by atoms with E-state index in [1.165, 1.54) is 0 Å². The van der Waals surface area contributed by atoms with E-state index in [1.54, 1.807) is 37.4 Å². The Morgan fingerprint density at radius 1 is 1.00 bits per heavy atom. The number of hydrogen-bond acceptors (Lipinski definition) is 2. The maximum Gasteiger partial charge on any atom is 0.193 e. The molecule has 0 fully saturated rings. The van der Waals surface area contributed by atoms with Crippen molar-refractivity contribution in [3.63, 3.8) is 0 Å². The lowest BCUT2D eigenvalue weighted by atomic mass is 9.97. The summed E-state index contributed by atoms with van der Waals surface area (Å²) in [5.41, 5.74) is 1.24. The van der Waals surface area contributed by atoms with Crippen LogP contribution >= 0.6 is 11.6 Å². The van der Waals surface area contributed by atoms with Crippen LogP contribution in [-0.4, -0.2) is 12.9 Å². The monoisotopic (exact) mass is 296 g/mol. The second-order valence-corrected chi connectivity index (χ2v) is 5.17. The van der Waals surface area contributed by atoms with E-state index in [-0.39, 0.29) is 5.78 Å². The number of hydrogen-bond donors (Lipinski definition) is 0. The molecule has 0 aliphatic rings. The lowest BCUT2D eigenvalue weighted by molar-refractivity contribution is 0.104. The van der Waals surface area contributed by atoms with Crippen molar-refractivity contribution in [1.82, 2.24) is 0 Å². The third-order valence-corrected chi connectivity index (χ3v) is 3.67. The van der Waals surface area contributed by atoms with Crippen LogP contribution in [0.5, 0.6) is 5.75 Å². The standard InChI is InChI=1S/C18H13ClO2/c1-21-15-10-13-4-2-3-5-16(13)17(11-15)18(20)12-6-8-14(19)9-7-12/h2-11H,1H3. The summed E-state index contributed by atoms with van der Waals surface area (Å²) in [7, 11) is 1.60. The van der Waals surface area contributed by atoms with Gasteiger partial charge in [0.1, 0.15) is 5.75 Å². The van der Waals surface area contributed by atoms with Crippen molar-refractivity contribution in [1.29, 1.82) is 0 Å². The molecule has 0 bridgehead atoms. The van der Waals surface area contributed by atoms with Crippen LogP contribution in [0.4, 0.5) is 0 Å². The summed E-state index contributed by atoms with van der Waals surface area (Å²) >= 11 is 5.87. The zero-order valence-electron chi connectivity index (χ0n) is 11.5. The first kappa shape index (κ1) is 13.7. The molecule has 0 aromatic heterocycles. The number of methoxy groups -OCH3 is 1. The molecule has 0 heterocycles. The van der Waals surface area contributed by atoms with Gasteiger partial charge in [0.2, 0.25) is 0 Å². The zero-order valence-corrected chi connectivity index (χ0v) is 12.2. The molecule has 3 heteroatoms. The number of fused-ring (bicyclic) bond motifs is 1. The molecule has 3 aromatic carbocycles. The third-order valence-electron chi connectivity index (χ3n) is 3.42. The molecule has 0 aliphatic heterocycles. The summed E-state index contributed by atoms with van der Waals surface area (Å²) in [4.78, 5) is 12.7. The summed E-state index contributed by atoms with van der Waals surface area (Å²) in [6.07, 6.45) is 0. The summed E-state index contributed by atoms with van der Waals surface area (Å²) in [6.45, 7) is 0. The maximum absolute atomic E-state index is 12.7. The van der Waals surface area contributed by atoms with Crippen LogP contribution in [0.3, 0.4) is 0 Å². The fourth-order valence-electron chi connectivity index (χ4n) is 2.35. The Bertz CT molecular complexity index is 807. The van der Waals surface area contributed by atoms with Crippen molar-refractivity contribution < 1.29 is 9.53 Å². The first-order valence-corrected chi connectivity index (χ1v) is 6.94. The van der Waals surface area contributed by atoms with Gasteiger partial charge in [-0.25, -0.2) is 0 Å². The smallest absolute Gasteiger partial charge is 0.193 e. The maximum atomic E-state index is 12.7. The Kier molecular flexibility index (Phi) is 3.63. The highest BCUT2D eigenvalue weighted by molar-refractivity contribution is 6.30. The molecule has 0 spiro atoms. The van der Waals surface area contributed by atoms with Gasteiger partial charge in [-0.3, -0.25) is 4.79 Å². The van der Waals surface area contributed by atoms with Gasteiger partial charge < -0.3 is 4.74 Å². The molecule has 104 valence electrons. The number of rotatable bonds is 3. The van der Waals surface area contributed by atoms with Gasteiger partial charge in [0, 0.05) is 16.1 Å². The SMILES string of the molecule is COc1cc(C(=O)c2ccc(Cl)cc2)c2ccccc2c1. The molecule has 0 atom stereocenters. The minimum Gasteiger partial charge on any atom is -0.497 e. The van der Waals surface area contributed by atoms with E-state index in [4.69, 9.17) is 16.3 Å². The number of carbonyl (C=O) groups is 1. The largest absolute Gasteiger partial charge is 0.497 e. The molecule has 21 heavy (non-hydrogen) atoms. The number of ketones is 1. The average molecular weight is 297 g/mol. The first-order valence-electron chi connectivity index (χ1n) is 6.56. The van der Waals surface area contributed by atoms with E-state index < -0.39 is 0 Å². The molecule has 0 saturated carbocycles. The Morgan fingerprint density at radius 3 is 2.43 bits per heavy atom. The van der Waals surface area contributed by atoms with E-state index >= 15 is 0 Å². The van der Waals surface area contributed by atoms with Gasteiger partial charge >= 0.3 is 0 Å². The number of benzene rings is 3. The number of carbonyl (C=O) groups excluding carboxylic acids is 1. The van der Waals surface area contributed by atoms with Crippen LogP contribution in [0.15, 0.2) is 60.7 Å². The molecule has 0 unspecified atom stereocenters. The van der Waals surface area contributed by atoms with Crippen molar-refractivity contribution in [3.8, 4) is 5.75 Å². The van der Waals surface area contributed by atoms with Crippen LogP contribution in [0.25, 0.3) is 10.8 Å². The summed E-state index contributed by atoms with van der Waals surface area (Å²) in [5, 5.41) is 2.51. The van der Waals surface area contributed by atoms with Crippen LogP contribution in [0, 0.1) is 0 Å². The molecule has 0 radical (unpaired) electrons. The van der Waals surface area contributed by atoms with Crippen LogP contribution in [0.1, 0.15) is 15.9 Å². The molecular formula is C18H13ClO2. The molecule has 0 amide bonds. The van der Waals surface area contributed by atoms with Crippen LogP contribution < -0.4 is 4.74 Å². The molecule has 3 rings (SSSR count). The van der Waals surface area contributed by atoms with Crippen molar-refractivity contribution >= 4 is 28.2 Å². The fraction of sp³-hybridized carbons (Fsp3) is 0.0556. The lowest BCUT2D eigenvalue weighted by Crippen LogP contribution is -2.02. The molecule has 0 N–H and O–H groups in total. The van der Waals surface area contributed by atoms with E-state index in [0.29, 0.717) is 21.9 Å². The fourth-order valence-corrected chi connectivity index (χ4v) is 2.47. The highest BCUT2D eigenvalue weighted by atomic mass is 35.5. The predicted octanol–water partition coefficient (Wildman–Crippen LogP) is 4.73. The van der Waals surface area contributed by atoms with Crippen molar-refractivity contribution in [2.45, 2.75) is 0 Å². The number of halogens is 1. The summed E-state index contributed by atoms with van der Waals surface area (Å²) < 4.78 is 5.29.